The molecule has 0 aromatic carbocycles. The van der Waals surface area contributed by atoms with Gasteiger partial charge in [-0.2, -0.15) is 0 Å². The maximum absolute atomic E-state index is 12.3. The molecule has 1 aromatic heterocycles. The second-order valence-corrected chi connectivity index (χ2v) is 6.53. The predicted octanol–water partition coefficient (Wildman–Crippen LogP) is 2.74. The van der Waals surface area contributed by atoms with E-state index in [1.807, 2.05) is 13.8 Å². The summed E-state index contributed by atoms with van der Waals surface area (Å²) in [5.74, 6) is 0.189. The lowest BCUT2D eigenvalue weighted by Crippen LogP contribution is -2.46. The quantitative estimate of drug-likeness (QED) is 0.797. The van der Waals surface area contributed by atoms with Crippen LogP contribution in [-0.2, 0) is 9.59 Å². The number of hydrogen-bond donors (Lipinski definition) is 2. The van der Waals surface area contributed by atoms with Crippen LogP contribution < -0.4 is 11.1 Å². The highest BCUT2D eigenvalue weighted by atomic mass is 35.5. The summed E-state index contributed by atoms with van der Waals surface area (Å²) in [6.07, 6.45) is 2.79. The van der Waals surface area contributed by atoms with Gasteiger partial charge in [0.05, 0.1) is 10.9 Å². The number of likely N-dealkylation sites (tertiary alicyclic amines) is 1. The van der Waals surface area contributed by atoms with Crippen molar-refractivity contribution in [1.82, 2.24) is 9.88 Å². The van der Waals surface area contributed by atoms with Gasteiger partial charge in [-0.15, -0.1) is 24.8 Å². The van der Waals surface area contributed by atoms with Crippen molar-refractivity contribution in [3.05, 3.63) is 23.4 Å². The van der Waals surface area contributed by atoms with Crippen LogP contribution >= 0.6 is 36.4 Å². The number of nitrogens with one attached hydrogen (secondary N) is 1. The zero-order chi connectivity index (χ0) is 17.0. The first kappa shape index (κ1) is 23.9. The Hall–Kier alpha value is -1.08. The molecule has 1 aliphatic rings. The maximum atomic E-state index is 12.3. The van der Waals surface area contributed by atoms with Crippen LogP contribution in [0, 0.1) is 11.8 Å². The van der Waals surface area contributed by atoms with Crippen molar-refractivity contribution in [2.24, 2.45) is 17.6 Å². The van der Waals surface area contributed by atoms with Gasteiger partial charge in [-0.25, -0.2) is 4.98 Å². The molecule has 2 amide bonds. The number of carbonyl (C=O) groups is 2. The number of halogens is 3. The van der Waals surface area contributed by atoms with E-state index in [0.29, 0.717) is 36.8 Å². The molecule has 1 saturated heterocycles. The topological polar surface area (TPSA) is 88.3 Å². The van der Waals surface area contributed by atoms with E-state index < -0.39 is 0 Å². The summed E-state index contributed by atoms with van der Waals surface area (Å²) in [6.45, 7) is 4.85. The van der Waals surface area contributed by atoms with Gasteiger partial charge in [0.15, 0.2) is 0 Å². The van der Waals surface area contributed by atoms with E-state index in [0.717, 1.165) is 0 Å². The molecule has 2 heterocycles. The number of carbonyl (C=O) groups excluding carboxylic acids is 2. The molecular formula is C16H25Cl3N4O2. The molecule has 25 heavy (non-hydrogen) atoms. The molecule has 3 N–H and O–H groups in total. The van der Waals surface area contributed by atoms with E-state index in [4.69, 9.17) is 17.3 Å². The molecule has 1 aliphatic heterocycles. The predicted molar refractivity (Wildman–Crippen MR) is 104 cm³/mol. The maximum Gasteiger partial charge on any atom is 0.228 e. The third-order valence-electron chi connectivity index (χ3n) is 4.33. The lowest BCUT2D eigenvalue weighted by Gasteiger charge is -2.33. The van der Waals surface area contributed by atoms with Gasteiger partial charge in [0.1, 0.15) is 5.82 Å². The lowest BCUT2D eigenvalue weighted by atomic mass is 9.94. The Bertz CT molecular complexity index is 561. The average Bonchev–Trinajstić information content (AvgIpc) is 2.55. The average molecular weight is 412 g/mol. The van der Waals surface area contributed by atoms with Crippen molar-refractivity contribution in [3.8, 4) is 0 Å². The summed E-state index contributed by atoms with van der Waals surface area (Å²) in [5.41, 5.74) is 5.79. The lowest BCUT2D eigenvalue weighted by molar-refractivity contribution is -0.138. The number of rotatable bonds is 4. The van der Waals surface area contributed by atoms with Crippen molar-refractivity contribution >= 4 is 54.0 Å². The molecule has 9 heteroatoms. The minimum Gasteiger partial charge on any atom is -0.342 e. The molecular weight excluding hydrogens is 387 g/mol. The molecule has 2 atom stereocenters. The summed E-state index contributed by atoms with van der Waals surface area (Å²) in [7, 11) is 0. The van der Waals surface area contributed by atoms with Crippen LogP contribution in [0.4, 0.5) is 5.82 Å². The fraction of sp³-hybridized carbons (Fsp3) is 0.562. The number of pyridine rings is 1. The van der Waals surface area contributed by atoms with Crippen molar-refractivity contribution < 1.29 is 9.59 Å². The zero-order valence-corrected chi connectivity index (χ0v) is 16.7. The second kappa shape index (κ2) is 10.8. The third-order valence-corrected chi connectivity index (χ3v) is 4.56. The van der Waals surface area contributed by atoms with E-state index in [-0.39, 0.29) is 54.5 Å². The van der Waals surface area contributed by atoms with Crippen molar-refractivity contribution in [1.29, 1.82) is 0 Å². The van der Waals surface area contributed by atoms with E-state index in [1.165, 1.54) is 6.20 Å². The molecule has 2 rings (SSSR count). The van der Waals surface area contributed by atoms with E-state index >= 15 is 0 Å². The highest BCUT2D eigenvalue weighted by Crippen LogP contribution is 2.21. The van der Waals surface area contributed by atoms with Crippen LogP contribution in [-0.4, -0.2) is 40.8 Å². The first-order valence-corrected chi connectivity index (χ1v) is 8.23. The fourth-order valence-corrected chi connectivity index (χ4v) is 2.66. The number of nitrogens with two attached hydrogens (primary N) is 1. The largest absolute Gasteiger partial charge is 0.342 e. The van der Waals surface area contributed by atoms with Crippen LogP contribution in [0.2, 0.25) is 5.02 Å². The monoisotopic (exact) mass is 410 g/mol. The standard InChI is InChI=1S/C16H23ClN4O2.2ClH/c1-10(11(2)18)16(23)21-7-5-12(6-8-21)15(22)20-14-4-3-13(17)9-19-14;;/h3-4,9-12H,5-8,18H2,1-2H3,(H,19,20,22);2*1H. The molecule has 2 unspecified atom stereocenters. The molecule has 6 nitrogen and oxygen atoms in total. The minimum atomic E-state index is -0.196. The SMILES string of the molecule is CC(N)C(C)C(=O)N1CCC(C(=O)Nc2ccc(Cl)cn2)CC1.Cl.Cl. The van der Waals surface area contributed by atoms with Crippen molar-refractivity contribution in [3.63, 3.8) is 0 Å². The first-order chi connectivity index (χ1) is 10.9. The Balaban J connectivity index is 0.00000288. The van der Waals surface area contributed by atoms with Crippen LogP contribution in [0.25, 0.3) is 0 Å². The van der Waals surface area contributed by atoms with Crippen molar-refractivity contribution in [2.75, 3.05) is 18.4 Å². The minimum absolute atomic E-state index is 0. The molecule has 0 aliphatic carbocycles. The van der Waals surface area contributed by atoms with Gasteiger partial charge in [-0.3, -0.25) is 9.59 Å². The highest BCUT2D eigenvalue weighted by molar-refractivity contribution is 6.30. The summed E-state index contributed by atoms with van der Waals surface area (Å²) in [5, 5.41) is 3.32. The first-order valence-electron chi connectivity index (χ1n) is 7.85. The zero-order valence-electron chi connectivity index (χ0n) is 14.3. The summed E-state index contributed by atoms with van der Waals surface area (Å²) in [4.78, 5) is 30.4. The molecule has 1 aromatic rings. The Morgan fingerprint density at radius 3 is 2.36 bits per heavy atom. The van der Waals surface area contributed by atoms with Gasteiger partial charge in [0.2, 0.25) is 11.8 Å². The smallest absolute Gasteiger partial charge is 0.228 e. The Kier molecular flexibility index (Phi) is 10.3. The van der Waals surface area contributed by atoms with Crippen LogP contribution in [0.15, 0.2) is 18.3 Å². The van der Waals surface area contributed by atoms with Gasteiger partial charge in [-0.1, -0.05) is 18.5 Å². The normalized spacial score (nSPS) is 16.9. The number of aromatic nitrogens is 1. The van der Waals surface area contributed by atoms with Gasteiger partial charge in [-0.05, 0) is 31.9 Å². The number of hydrogen-bond acceptors (Lipinski definition) is 4. The Morgan fingerprint density at radius 2 is 1.88 bits per heavy atom. The van der Waals surface area contributed by atoms with Gasteiger partial charge >= 0.3 is 0 Å². The van der Waals surface area contributed by atoms with Gasteiger partial charge in [0, 0.05) is 31.2 Å². The molecule has 0 saturated carbocycles. The fourth-order valence-electron chi connectivity index (χ4n) is 2.55. The second-order valence-electron chi connectivity index (χ2n) is 6.10. The molecule has 0 bridgehead atoms. The molecule has 1 fully saturated rings. The Labute approximate surface area is 165 Å². The van der Waals surface area contributed by atoms with Gasteiger partial charge in [0.25, 0.3) is 0 Å². The number of piperidine rings is 1. The molecule has 0 radical (unpaired) electrons. The third kappa shape index (κ3) is 6.62. The summed E-state index contributed by atoms with van der Waals surface area (Å²) < 4.78 is 0. The van der Waals surface area contributed by atoms with E-state index in [1.54, 1.807) is 17.0 Å². The number of nitrogens with zero attached hydrogens (tertiary/aromatic N) is 2. The van der Waals surface area contributed by atoms with Crippen LogP contribution in [0.5, 0.6) is 0 Å². The van der Waals surface area contributed by atoms with Gasteiger partial charge < -0.3 is 16.0 Å². The number of amides is 2. The summed E-state index contributed by atoms with van der Waals surface area (Å²) in [6, 6.07) is 3.18. The number of anilines is 1. The van der Waals surface area contributed by atoms with E-state index in [9.17, 15) is 9.59 Å². The highest BCUT2D eigenvalue weighted by Gasteiger charge is 2.30. The van der Waals surface area contributed by atoms with Crippen LogP contribution in [0.1, 0.15) is 26.7 Å². The summed E-state index contributed by atoms with van der Waals surface area (Å²) >= 11 is 5.77. The van der Waals surface area contributed by atoms with Crippen molar-refractivity contribution in [2.45, 2.75) is 32.7 Å². The molecule has 0 spiro atoms. The Morgan fingerprint density at radius 1 is 1.28 bits per heavy atom. The van der Waals surface area contributed by atoms with Crippen LogP contribution in [0.3, 0.4) is 0 Å². The molecule has 142 valence electrons. The van der Waals surface area contributed by atoms with E-state index in [2.05, 4.69) is 10.3 Å².